The van der Waals surface area contributed by atoms with Gasteiger partial charge in [-0.25, -0.2) is 9.98 Å². The van der Waals surface area contributed by atoms with Crippen LogP contribution >= 0.6 is 20.7 Å². The van der Waals surface area contributed by atoms with Gasteiger partial charge in [0.05, 0.1) is 11.2 Å². The molecule has 0 radical (unpaired) electrons. The van der Waals surface area contributed by atoms with Gasteiger partial charge in [-0.1, -0.05) is 57.1 Å². The molecule has 0 fully saturated rings. The standard InChI is InChI=1S/C16H10N2S2/c1-2-7-12(8-3-1)17-15-13-10-11-6-4-5-9-14(11)18-16(13)20-19-15/h1-10H. The lowest BCUT2D eigenvalue weighted by atomic mass is 10.2. The molecule has 0 saturated carbocycles. The number of hydrogen-bond donors (Lipinski definition) is 0. The average Bonchev–Trinajstić information content (AvgIpc) is 2.88. The van der Waals surface area contributed by atoms with Gasteiger partial charge in [-0.05, 0) is 24.3 Å². The third-order valence-electron chi connectivity index (χ3n) is 3.11. The Hall–Kier alpha value is -2.04. The van der Waals surface area contributed by atoms with Crippen molar-refractivity contribution in [1.29, 1.82) is 0 Å². The van der Waals surface area contributed by atoms with Crippen molar-refractivity contribution in [2.45, 2.75) is 0 Å². The molecule has 2 nitrogen and oxygen atoms in total. The molecule has 0 aliphatic heterocycles. The predicted octanol–water partition coefficient (Wildman–Crippen LogP) is 4.74. The highest BCUT2D eigenvalue weighted by atomic mass is 32.9. The summed E-state index contributed by atoms with van der Waals surface area (Å²) in [5.74, 6) is 0. The Morgan fingerprint density at radius 1 is 0.850 bits per heavy atom. The molecule has 0 amide bonds. The van der Waals surface area contributed by atoms with E-state index in [2.05, 4.69) is 12.1 Å². The van der Waals surface area contributed by atoms with Crippen LogP contribution in [0.5, 0.6) is 0 Å². The fourth-order valence-electron chi connectivity index (χ4n) is 2.14. The van der Waals surface area contributed by atoms with Crippen LogP contribution < -0.4 is 4.67 Å². The van der Waals surface area contributed by atoms with Crippen LogP contribution in [0.15, 0.2) is 65.7 Å². The van der Waals surface area contributed by atoms with Crippen molar-refractivity contribution in [2.75, 3.05) is 0 Å². The molecular formula is C16H10N2S2. The highest BCUT2D eigenvalue weighted by Crippen LogP contribution is 2.24. The first kappa shape index (κ1) is 11.8. The number of para-hydroxylation sites is 2. The molecule has 2 aromatic carbocycles. The first-order chi connectivity index (χ1) is 9.90. The Balaban J connectivity index is 2.01. The maximum atomic E-state index is 4.73. The van der Waals surface area contributed by atoms with Gasteiger partial charge in [-0.3, -0.25) is 0 Å². The van der Waals surface area contributed by atoms with Crippen LogP contribution in [0.3, 0.4) is 0 Å². The summed E-state index contributed by atoms with van der Waals surface area (Å²) in [6.45, 7) is 0. The molecule has 0 unspecified atom stereocenters. The van der Waals surface area contributed by atoms with Crippen molar-refractivity contribution in [3.8, 4) is 0 Å². The van der Waals surface area contributed by atoms with E-state index in [4.69, 9.17) is 9.98 Å². The molecule has 4 aromatic rings. The smallest absolute Gasteiger partial charge is 0.137 e. The Bertz CT molecular complexity index is 952. The molecule has 0 N–H and O–H groups in total. The molecule has 96 valence electrons. The summed E-state index contributed by atoms with van der Waals surface area (Å²) in [5.41, 5.74) is 2.02. The number of pyridine rings is 1. The molecular weight excluding hydrogens is 284 g/mol. The van der Waals surface area contributed by atoms with E-state index in [-0.39, 0.29) is 0 Å². The Morgan fingerprint density at radius 2 is 1.65 bits per heavy atom. The molecule has 4 rings (SSSR count). The molecule has 20 heavy (non-hydrogen) atoms. The zero-order chi connectivity index (χ0) is 13.4. The van der Waals surface area contributed by atoms with Gasteiger partial charge in [0.1, 0.15) is 9.50 Å². The van der Waals surface area contributed by atoms with Crippen LogP contribution in [0, 0.1) is 0 Å². The largest absolute Gasteiger partial charge is 0.237 e. The third kappa shape index (κ3) is 2.03. The van der Waals surface area contributed by atoms with E-state index in [1.165, 1.54) is 0 Å². The second-order valence-electron chi connectivity index (χ2n) is 4.45. The van der Waals surface area contributed by atoms with Gasteiger partial charge in [-0.15, -0.1) is 0 Å². The van der Waals surface area contributed by atoms with Crippen molar-refractivity contribution in [2.24, 2.45) is 4.99 Å². The summed E-state index contributed by atoms with van der Waals surface area (Å²) in [5, 5.41) is 2.30. The maximum Gasteiger partial charge on any atom is 0.137 e. The summed E-state index contributed by atoms with van der Waals surface area (Å²) in [6.07, 6.45) is 0. The zero-order valence-corrected chi connectivity index (χ0v) is 12.1. The van der Waals surface area contributed by atoms with E-state index >= 15 is 0 Å². The SMILES string of the molecule is c1ccc(N=c2ssc3nc4ccccc4cc23)cc1. The normalized spacial score (nSPS) is 12.3. The lowest BCUT2D eigenvalue weighted by molar-refractivity contribution is 1.43. The second kappa shape index (κ2) is 4.81. The number of rotatable bonds is 1. The van der Waals surface area contributed by atoms with Gasteiger partial charge >= 0.3 is 0 Å². The van der Waals surface area contributed by atoms with Crippen LogP contribution in [0.2, 0.25) is 0 Å². The summed E-state index contributed by atoms with van der Waals surface area (Å²) in [4.78, 5) is 10.5. The Morgan fingerprint density at radius 3 is 2.55 bits per heavy atom. The lowest BCUT2D eigenvalue weighted by Crippen LogP contribution is -1.93. The molecule has 2 aromatic heterocycles. The minimum Gasteiger partial charge on any atom is -0.237 e. The van der Waals surface area contributed by atoms with Crippen molar-refractivity contribution >= 4 is 47.5 Å². The van der Waals surface area contributed by atoms with Gasteiger partial charge in [0, 0.05) is 10.8 Å². The van der Waals surface area contributed by atoms with Gasteiger partial charge in [0.15, 0.2) is 0 Å². The fourth-order valence-corrected chi connectivity index (χ4v) is 4.36. The minimum absolute atomic E-state index is 0.983. The van der Waals surface area contributed by atoms with Crippen LogP contribution in [-0.4, -0.2) is 4.98 Å². The van der Waals surface area contributed by atoms with Gasteiger partial charge in [-0.2, -0.15) is 0 Å². The first-order valence-corrected chi connectivity index (χ1v) is 8.43. The maximum absolute atomic E-state index is 4.73. The van der Waals surface area contributed by atoms with E-state index in [0.29, 0.717) is 0 Å². The molecule has 2 heterocycles. The van der Waals surface area contributed by atoms with Crippen LogP contribution in [0.4, 0.5) is 5.69 Å². The average molecular weight is 294 g/mol. The number of hydrogen-bond acceptors (Lipinski definition) is 4. The third-order valence-corrected chi connectivity index (χ3v) is 5.32. The summed E-state index contributed by atoms with van der Waals surface area (Å²) >= 11 is 0. The van der Waals surface area contributed by atoms with Crippen molar-refractivity contribution < 1.29 is 0 Å². The van der Waals surface area contributed by atoms with Crippen molar-refractivity contribution in [3.05, 3.63) is 65.3 Å². The molecule has 0 bridgehead atoms. The van der Waals surface area contributed by atoms with E-state index < -0.39 is 0 Å². The highest BCUT2D eigenvalue weighted by molar-refractivity contribution is 7.71. The van der Waals surface area contributed by atoms with Crippen molar-refractivity contribution in [3.63, 3.8) is 0 Å². The molecule has 0 aliphatic rings. The zero-order valence-electron chi connectivity index (χ0n) is 10.5. The molecule has 0 atom stereocenters. The van der Waals surface area contributed by atoms with Gasteiger partial charge < -0.3 is 0 Å². The molecule has 0 saturated heterocycles. The summed E-state index contributed by atoms with van der Waals surface area (Å²) in [6, 6.07) is 20.4. The lowest BCUT2D eigenvalue weighted by Gasteiger charge is -1.96. The van der Waals surface area contributed by atoms with Gasteiger partial charge in [0.25, 0.3) is 0 Å². The summed E-state index contributed by atoms with van der Waals surface area (Å²) < 4.78 is 1.04. The van der Waals surface area contributed by atoms with Crippen LogP contribution in [0.1, 0.15) is 0 Å². The molecule has 4 heteroatoms. The minimum atomic E-state index is 0.983. The first-order valence-electron chi connectivity index (χ1n) is 6.28. The Kier molecular flexibility index (Phi) is 2.83. The number of benzene rings is 2. The molecule has 0 spiro atoms. The van der Waals surface area contributed by atoms with Crippen LogP contribution in [0.25, 0.3) is 21.1 Å². The molecule has 0 aliphatic carbocycles. The van der Waals surface area contributed by atoms with Crippen LogP contribution in [-0.2, 0) is 0 Å². The number of fused-ring (bicyclic) bond motifs is 2. The number of nitrogens with zero attached hydrogens (tertiary/aromatic N) is 2. The monoisotopic (exact) mass is 294 g/mol. The highest BCUT2D eigenvalue weighted by Gasteiger charge is 2.04. The van der Waals surface area contributed by atoms with E-state index in [1.807, 2.05) is 48.5 Å². The van der Waals surface area contributed by atoms with E-state index in [1.54, 1.807) is 20.7 Å². The van der Waals surface area contributed by atoms with Crippen molar-refractivity contribution in [1.82, 2.24) is 4.98 Å². The Labute approximate surface area is 123 Å². The van der Waals surface area contributed by atoms with Gasteiger partial charge in [0.2, 0.25) is 0 Å². The topological polar surface area (TPSA) is 25.2 Å². The summed E-state index contributed by atoms with van der Waals surface area (Å²) in [7, 11) is 3.37. The number of aromatic nitrogens is 1. The quantitative estimate of drug-likeness (QED) is 0.465. The fraction of sp³-hybridized carbons (Fsp3) is 0. The van der Waals surface area contributed by atoms with E-state index in [0.717, 1.165) is 31.5 Å². The predicted molar refractivity (Wildman–Crippen MR) is 86.7 cm³/mol. The second-order valence-corrected chi connectivity index (χ2v) is 6.56. The van der Waals surface area contributed by atoms with E-state index in [9.17, 15) is 0 Å².